The van der Waals surface area contributed by atoms with Crippen LogP contribution in [-0.4, -0.2) is 27.5 Å². The van der Waals surface area contributed by atoms with Crippen LogP contribution >= 0.6 is 11.6 Å². The number of aryl methyl sites for hydroxylation is 1. The molecule has 0 saturated heterocycles. The third-order valence-electron chi connectivity index (χ3n) is 4.90. The Kier molecular flexibility index (Phi) is 7.97. The Bertz CT molecular complexity index is 1300. The number of rotatable bonds is 8. The maximum Gasteiger partial charge on any atom is 0.416 e. The van der Waals surface area contributed by atoms with Gasteiger partial charge in [-0.1, -0.05) is 29.3 Å². The summed E-state index contributed by atoms with van der Waals surface area (Å²) < 4.78 is 72.3. The van der Waals surface area contributed by atoms with Gasteiger partial charge < -0.3 is 10.1 Å². The zero-order valence-corrected chi connectivity index (χ0v) is 20.3. The lowest BCUT2D eigenvalue weighted by Gasteiger charge is -2.24. The Morgan fingerprint density at radius 3 is 2.23 bits per heavy atom. The predicted molar refractivity (Wildman–Crippen MR) is 128 cm³/mol. The SMILES string of the molecule is CCOc1ccc(N(CC(=O)Nc2cc(C(F)(F)F)ccc2Cl)S(=O)(=O)c2ccc(C)cc2)cc1. The summed E-state index contributed by atoms with van der Waals surface area (Å²) in [6.45, 7) is 3.29. The molecule has 0 spiro atoms. The minimum Gasteiger partial charge on any atom is -0.494 e. The van der Waals surface area contributed by atoms with Gasteiger partial charge >= 0.3 is 6.18 Å². The normalized spacial score (nSPS) is 11.7. The third-order valence-corrected chi connectivity index (χ3v) is 7.02. The minimum atomic E-state index is -4.65. The van der Waals surface area contributed by atoms with Crippen LogP contribution in [0.1, 0.15) is 18.1 Å². The first-order valence-electron chi connectivity index (χ1n) is 10.4. The molecule has 3 aromatic carbocycles. The van der Waals surface area contributed by atoms with E-state index in [1.807, 2.05) is 0 Å². The molecule has 0 aliphatic heterocycles. The van der Waals surface area contributed by atoms with E-state index in [-0.39, 0.29) is 21.3 Å². The number of carbonyl (C=O) groups is 1. The highest BCUT2D eigenvalue weighted by molar-refractivity contribution is 7.92. The number of halogens is 4. The molecule has 35 heavy (non-hydrogen) atoms. The van der Waals surface area contributed by atoms with Crippen LogP contribution in [0.5, 0.6) is 5.75 Å². The van der Waals surface area contributed by atoms with Crippen molar-refractivity contribution in [3.8, 4) is 5.75 Å². The van der Waals surface area contributed by atoms with E-state index in [9.17, 15) is 26.4 Å². The van der Waals surface area contributed by atoms with Gasteiger partial charge in [-0.2, -0.15) is 13.2 Å². The van der Waals surface area contributed by atoms with Gasteiger partial charge in [-0.25, -0.2) is 8.42 Å². The van der Waals surface area contributed by atoms with Gasteiger partial charge in [-0.3, -0.25) is 9.10 Å². The van der Waals surface area contributed by atoms with Crippen molar-refractivity contribution in [3.05, 3.63) is 82.9 Å². The van der Waals surface area contributed by atoms with Crippen molar-refractivity contribution in [2.45, 2.75) is 24.9 Å². The second-order valence-corrected chi connectivity index (χ2v) is 9.76. The fourth-order valence-corrected chi connectivity index (χ4v) is 4.73. The molecular weight excluding hydrogens is 505 g/mol. The molecule has 0 aliphatic rings. The first-order chi connectivity index (χ1) is 16.4. The lowest BCUT2D eigenvalue weighted by atomic mass is 10.2. The molecular formula is C24H22ClF3N2O4S. The molecule has 1 N–H and O–H groups in total. The number of carbonyl (C=O) groups excluding carboxylic acids is 1. The van der Waals surface area contributed by atoms with Crippen LogP contribution in [-0.2, 0) is 21.0 Å². The number of nitrogens with zero attached hydrogens (tertiary/aromatic N) is 1. The van der Waals surface area contributed by atoms with Gasteiger partial charge in [-0.05, 0) is 68.4 Å². The van der Waals surface area contributed by atoms with Crippen molar-refractivity contribution in [1.29, 1.82) is 0 Å². The lowest BCUT2D eigenvalue weighted by Crippen LogP contribution is -2.38. The second-order valence-electron chi connectivity index (χ2n) is 7.49. The number of anilines is 2. The van der Waals surface area contributed by atoms with Crippen molar-refractivity contribution >= 4 is 38.9 Å². The van der Waals surface area contributed by atoms with Crippen LogP contribution in [0.25, 0.3) is 0 Å². The fourth-order valence-electron chi connectivity index (χ4n) is 3.15. The quantitative estimate of drug-likeness (QED) is 0.396. The van der Waals surface area contributed by atoms with Crippen LogP contribution < -0.4 is 14.4 Å². The summed E-state index contributed by atoms with van der Waals surface area (Å²) >= 11 is 5.96. The molecule has 0 radical (unpaired) electrons. The molecule has 6 nitrogen and oxygen atoms in total. The average molecular weight is 527 g/mol. The van der Waals surface area contributed by atoms with Crippen LogP contribution in [0.15, 0.2) is 71.6 Å². The van der Waals surface area contributed by atoms with Gasteiger partial charge in [0.25, 0.3) is 10.0 Å². The predicted octanol–water partition coefficient (Wildman–Crippen LogP) is 5.90. The van der Waals surface area contributed by atoms with E-state index in [4.69, 9.17) is 16.3 Å². The second kappa shape index (κ2) is 10.6. The molecule has 0 saturated carbocycles. The van der Waals surface area contributed by atoms with Crippen molar-refractivity contribution < 1.29 is 31.1 Å². The molecule has 0 bridgehead atoms. The monoisotopic (exact) mass is 526 g/mol. The molecule has 0 aliphatic carbocycles. The van der Waals surface area contributed by atoms with E-state index >= 15 is 0 Å². The molecule has 3 rings (SSSR count). The van der Waals surface area contributed by atoms with Crippen molar-refractivity contribution in [2.75, 3.05) is 22.8 Å². The third kappa shape index (κ3) is 6.46. The van der Waals surface area contributed by atoms with Gasteiger partial charge in [0.15, 0.2) is 0 Å². The molecule has 3 aromatic rings. The highest BCUT2D eigenvalue weighted by Crippen LogP contribution is 2.34. The van der Waals surface area contributed by atoms with Crippen molar-refractivity contribution in [2.24, 2.45) is 0 Å². The van der Waals surface area contributed by atoms with E-state index in [0.29, 0.717) is 18.4 Å². The highest BCUT2D eigenvalue weighted by atomic mass is 35.5. The zero-order valence-electron chi connectivity index (χ0n) is 18.8. The Morgan fingerprint density at radius 1 is 1.03 bits per heavy atom. The van der Waals surface area contributed by atoms with Gasteiger partial charge in [-0.15, -0.1) is 0 Å². The standard InChI is InChI=1S/C24H22ClF3N2O4S/c1-3-34-19-9-7-18(8-10-19)30(35(32,33)20-11-4-16(2)5-12-20)15-23(31)29-22-14-17(24(26,27)28)6-13-21(22)25/h4-14H,3,15H2,1-2H3,(H,29,31). The Balaban J connectivity index is 1.95. The average Bonchev–Trinajstić information content (AvgIpc) is 2.79. The Labute approximate surface area is 206 Å². The summed E-state index contributed by atoms with van der Waals surface area (Å²) in [6.07, 6.45) is -4.65. The van der Waals surface area contributed by atoms with E-state index < -0.39 is 34.2 Å². The molecule has 1 amide bonds. The van der Waals surface area contributed by atoms with E-state index in [1.165, 1.54) is 24.3 Å². The topological polar surface area (TPSA) is 75.7 Å². The van der Waals surface area contributed by atoms with Crippen molar-refractivity contribution in [1.82, 2.24) is 0 Å². The number of amides is 1. The Morgan fingerprint density at radius 2 is 1.66 bits per heavy atom. The molecule has 11 heteroatoms. The van der Waals surface area contributed by atoms with E-state index in [1.54, 1.807) is 38.1 Å². The maximum atomic E-state index is 13.4. The van der Waals surface area contributed by atoms with E-state index in [2.05, 4.69) is 5.32 Å². The molecule has 186 valence electrons. The summed E-state index contributed by atoms with van der Waals surface area (Å²) in [4.78, 5) is 12.8. The summed E-state index contributed by atoms with van der Waals surface area (Å²) in [7, 11) is -4.21. The lowest BCUT2D eigenvalue weighted by molar-refractivity contribution is -0.137. The largest absolute Gasteiger partial charge is 0.494 e. The number of hydrogen-bond donors (Lipinski definition) is 1. The van der Waals surface area contributed by atoms with E-state index in [0.717, 1.165) is 22.0 Å². The van der Waals surface area contributed by atoms with Gasteiger partial charge in [0, 0.05) is 0 Å². The van der Waals surface area contributed by atoms with Crippen LogP contribution in [0.3, 0.4) is 0 Å². The first-order valence-corrected chi connectivity index (χ1v) is 12.2. The van der Waals surface area contributed by atoms with Gasteiger partial charge in [0.05, 0.1) is 33.5 Å². The van der Waals surface area contributed by atoms with Crippen molar-refractivity contribution in [3.63, 3.8) is 0 Å². The number of alkyl halides is 3. The number of ether oxygens (including phenoxy) is 1. The number of nitrogens with one attached hydrogen (secondary N) is 1. The number of sulfonamides is 1. The van der Waals surface area contributed by atoms with Crippen LogP contribution in [0.2, 0.25) is 5.02 Å². The summed E-state index contributed by atoms with van der Waals surface area (Å²) in [5, 5.41) is 2.16. The summed E-state index contributed by atoms with van der Waals surface area (Å²) in [5.74, 6) is -0.375. The number of benzene rings is 3. The molecule has 0 aromatic heterocycles. The molecule has 0 fully saturated rings. The zero-order chi connectivity index (χ0) is 25.8. The first kappa shape index (κ1) is 26.4. The minimum absolute atomic E-state index is 0.0538. The highest BCUT2D eigenvalue weighted by Gasteiger charge is 2.32. The molecule has 0 atom stereocenters. The van der Waals surface area contributed by atoms with Crippen LogP contribution in [0.4, 0.5) is 24.5 Å². The molecule has 0 unspecified atom stereocenters. The maximum absolute atomic E-state index is 13.4. The Hall–Kier alpha value is -3.24. The van der Waals surface area contributed by atoms with Crippen LogP contribution in [0, 0.1) is 6.92 Å². The smallest absolute Gasteiger partial charge is 0.416 e. The number of hydrogen-bond acceptors (Lipinski definition) is 4. The summed E-state index contributed by atoms with van der Waals surface area (Å²) in [6, 6.07) is 14.6. The van der Waals surface area contributed by atoms with Gasteiger partial charge in [0.1, 0.15) is 12.3 Å². The fraction of sp³-hybridized carbons (Fsp3) is 0.208. The summed E-state index contributed by atoms with van der Waals surface area (Å²) in [5.41, 5.74) is -0.286. The molecule has 0 heterocycles. The van der Waals surface area contributed by atoms with Gasteiger partial charge in [0.2, 0.25) is 5.91 Å².